The smallest absolute Gasteiger partial charge is 0.191 e. The lowest BCUT2D eigenvalue weighted by atomic mass is 10.3. The minimum atomic E-state index is 0. The van der Waals surface area contributed by atoms with Crippen LogP contribution in [0, 0.1) is 0 Å². The van der Waals surface area contributed by atoms with Gasteiger partial charge < -0.3 is 25.0 Å². The summed E-state index contributed by atoms with van der Waals surface area (Å²) >= 11 is 6.26. The molecule has 0 amide bonds. The van der Waals surface area contributed by atoms with Crippen molar-refractivity contribution >= 4 is 47.4 Å². The molecule has 0 aliphatic carbocycles. The molecule has 0 radical (unpaired) electrons. The van der Waals surface area contributed by atoms with Crippen LogP contribution in [0.1, 0.15) is 12.8 Å². The number of halogens is 2. The molecule has 1 aliphatic rings. The predicted molar refractivity (Wildman–Crippen MR) is 133 cm³/mol. The van der Waals surface area contributed by atoms with Gasteiger partial charge in [-0.2, -0.15) is 0 Å². The minimum absolute atomic E-state index is 0. The van der Waals surface area contributed by atoms with Gasteiger partial charge in [0.15, 0.2) is 5.96 Å². The molecule has 1 aromatic carbocycles. The Morgan fingerprint density at radius 2 is 2.13 bits per heavy atom. The third-order valence-electron chi connectivity index (χ3n) is 4.71. The molecule has 0 saturated carbocycles. The summed E-state index contributed by atoms with van der Waals surface area (Å²) in [5.41, 5.74) is 0. The van der Waals surface area contributed by atoms with E-state index in [1.54, 1.807) is 20.4 Å². The van der Waals surface area contributed by atoms with Crippen LogP contribution in [0.3, 0.4) is 0 Å². The number of methoxy groups -OCH3 is 1. The van der Waals surface area contributed by atoms with Gasteiger partial charge in [0.25, 0.3) is 0 Å². The fourth-order valence-corrected chi connectivity index (χ4v) is 3.47. The molecule has 1 fully saturated rings. The average molecular weight is 546 g/mol. The van der Waals surface area contributed by atoms with Crippen molar-refractivity contribution in [2.24, 2.45) is 4.99 Å². The third kappa shape index (κ3) is 7.09. The molecule has 0 spiro atoms. The number of aromatic nitrogens is 1. The Bertz CT molecular complexity index is 823. The Morgan fingerprint density at radius 1 is 1.30 bits per heavy atom. The number of nitrogens with zero attached hydrogens (tertiary/aromatic N) is 3. The number of ether oxygens (including phenoxy) is 2. The van der Waals surface area contributed by atoms with E-state index in [0.717, 1.165) is 55.8 Å². The van der Waals surface area contributed by atoms with Crippen molar-refractivity contribution in [1.29, 1.82) is 0 Å². The highest BCUT2D eigenvalue weighted by atomic mass is 127. The minimum Gasteiger partial charge on any atom is -0.497 e. The van der Waals surface area contributed by atoms with Crippen molar-refractivity contribution in [3.05, 3.63) is 47.6 Å². The van der Waals surface area contributed by atoms with E-state index in [0.29, 0.717) is 17.7 Å². The Balaban J connectivity index is 0.00000320. The van der Waals surface area contributed by atoms with E-state index in [2.05, 4.69) is 25.5 Å². The van der Waals surface area contributed by atoms with Crippen LogP contribution in [0.4, 0.5) is 5.82 Å². The van der Waals surface area contributed by atoms with E-state index >= 15 is 0 Å². The number of guanidine groups is 1. The monoisotopic (exact) mass is 545 g/mol. The van der Waals surface area contributed by atoms with Crippen LogP contribution >= 0.6 is 35.6 Å². The molecular formula is C21H29ClIN5O2. The van der Waals surface area contributed by atoms with Crippen LogP contribution in [0.2, 0.25) is 5.02 Å². The summed E-state index contributed by atoms with van der Waals surface area (Å²) in [7, 11) is 3.43. The zero-order valence-corrected chi connectivity index (χ0v) is 20.4. The fourth-order valence-electron chi connectivity index (χ4n) is 3.23. The Hall–Kier alpha value is -1.94. The first-order valence-electron chi connectivity index (χ1n) is 9.79. The van der Waals surface area contributed by atoms with Crippen LogP contribution in [0.5, 0.6) is 11.5 Å². The van der Waals surface area contributed by atoms with Gasteiger partial charge in [-0.25, -0.2) is 4.98 Å². The van der Waals surface area contributed by atoms with Gasteiger partial charge in [0.1, 0.15) is 17.3 Å². The van der Waals surface area contributed by atoms with Crippen LogP contribution in [0.15, 0.2) is 47.6 Å². The van der Waals surface area contributed by atoms with E-state index < -0.39 is 0 Å². The van der Waals surface area contributed by atoms with E-state index in [-0.39, 0.29) is 24.0 Å². The maximum Gasteiger partial charge on any atom is 0.191 e. The lowest BCUT2D eigenvalue weighted by Gasteiger charge is -2.20. The van der Waals surface area contributed by atoms with Gasteiger partial charge in [-0.05, 0) is 37.1 Å². The second-order valence-electron chi connectivity index (χ2n) is 6.76. The number of hydrogen-bond acceptors (Lipinski definition) is 5. The Labute approximate surface area is 200 Å². The van der Waals surface area contributed by atoms with Gasteiger partial charge in [-0.1, -0.05) is 17.7 Å². The van der Waals surface area contributed by atoms with E-state index in [1.165, 1.54) is 0 Å². The second-order valence-corrected chi connectivity index (χ2v) is 7.17. The van der Waals surface area contributed by atoms with Crippen molar-refractivity contribution in [1.82, 2.24) is 15.6 Å². The van der Waals surface area contributed by atoms with E-state index in [9.17, 15) is 0 Å². The Morgan fingerprint density at radius 3 is 2.90 bits per heavy atom. The number of benzene rings is 1. The molecule has 9 heteroatoms. The summed E-state index contributed by atoms with van der Waals surface area (Å²) in [6, 6.07) is 11.6. The van der Waals surface area contributed by atoms with Gasteiger partial charge in [0.05, 0.1) is 18.7 Å². The zero-order valence-electron chi connectivity index (χ0n) is 17.3. The molecule has 2 heterocycles. The molecule has 164 valence electrons. The number of rotatable bonds is 8. The maximum absolute atomic E-state index is 6.26. The van der Waals surface area contributed by atoms with Crippen molar-refractivity contribution in [2.45, 2.75) is 18.9 Å². The zero-order chi connectivity index (χ0) is 20.5. The second kappa shape index (κ2) is 12.7. The molecule has 2 N–H and O–H groups in total. The van der Waals surface area contributed by atoms with Gasteiger partial charge >= 0.3 is 0 Å². The molecule has 1 unspecified atom stereocenters. The molecule has 1 aliphatic heterocycles. The average Bonchev–Trinajstić information content (AvgIpc) is 3.21. The number of pyridine rings is 1. The highest BCUT2D eigenvalue weighted by Gasteiger charge is 2.25. The first kappa shape index (κ1) is 24.3. The molecule has 0 bridgehead atoms. The number of hydrogen-bond donors (Lipinski definition) is 2. The van der Waals surface area contributed by atoms with Crippen molar-refractivity contribution in [3.63, 3.8) is 0 Å². The first-order valence-corrected chi connectivity index (χ1v) is 10.2. The molecule has 3 rings (SSSR count). The topological polar surface area (TPSA) is 71.0 Å². The van der Waals surface area contributed by atoms with Gasteiger partial charge in [0.2, 0.25) is 0 Å². The van der Waals surface area contributed by atoms with Crippen molar-refractivity contribution in [2.75, 3.05) is 45.3 Å². The normalized spacial score (nSPS) is 16.0. The van der Waals surface area contributed by atoms with Crippen LogP contribution < -0.4 is 25.0 Å². The highest BCUT2D eigenvalue weighted by Crippen LogP contribution is 2.25. The maximum atomic E-state index is 6.26. The largest absolute Gasteiger partial charge is 0.497 e. The van der Waals surface area contributed by atoms with Crippen molar-refractivity contribution in [3.8, 4) is 11.5 Å². The summed E-state index contributed by atoms with van der Waals surface area (Å²) in [6.07, 6.45) is 3.64. The number of aliphatic imine (C=N–C) groups is 1. The van der Waals surface area contributed by atoms with Gasteiger partial charge in [-0.3, -0.25) is 4.99 Å². The number of anilines is 1. The molecule has 2 aromatic rings. The molecule has 1 aromatic heterocycles. The lowest BCUT2D eigenvalue weighted by Crippen LogP contribution is -2.45. The number of nitrogens with one attached hydrogen (secondary N) is 2. The standard InChI is InChI=1S/C21H28ClN5O2.HI/c1-23-21(25-11-5-13-29-18-7-3-6-17(14-18)28-2)26-16-9-12-27(15-16)20-19(22)8-4-10-24-20;/h3-4,6-8,10,14,16H,5,9,11-13,15H2,1-2H3,(H2,23,25,26);1H. The molecular weight excluding hydrogens is 517 g/mol. The first-order chi connectivity index (χ1) is 14.2. The van der Waals surface area contributed by atoms with Crippen molar-refractivity contribution < 1.29 is 9.47 Å². The summed E-state index contributed by atoms with van der Waals surface area (Å²) in [4.78, 5) is 10.9. The molecule has 1 atom stereocenters. The Kier molecular flexibility index (Phi) is 10.3. The summed E-state index contributed by atoms with van der Waals surface area (Å²) in [5.74, 6) is 3.25. The molecule has 7 nitrogen and oxygen atoms in total. The van der Waals surface area contributed by atoms with E-state index in [1.807, 2.05) is 36.4 Å². The van der Waals surface area contributed by atoms with E-state index in [4.69, 9.17) is 21.1 Å². The quantitative estimate of drug-likeness (QED) is 0.229. The summed E-state index contributed by atoms with van der Waals surface area (Å²) in [6.45, 7) is 3.15. The van der Waals surface area contributed by atoms with Gasteiger partial charge in [0, 0.05) is 45.0 Å². The molecule has 30 heavy (non-hydrogen) atoms. The third-order valence-corrected chi connectivity index (χ3v) is 5.01. The highest BCUT2D eigenvalue weighted by molar-refractivity contribution is 14.0. The predicted octanol–water partition coefficient (Wildman–Crippen LogP) is 3.57. The van der Waals surface area contributed by atoms with Crippen LogP contribution in [0.25, 0.3) is 0 Å². The van der Waals surface area contributed by atoms with Gasteiger partial charge in [-0.15, -0.1) is 24.0 Å². The van der Waals surface area contributed by atoms with Crippen LogP contribution in [-0.2, 0) is 0 Å². The lowest BCUT2D eigenvalue weighted by molar-refractivity contribution is 0.308. The summed E-state index contributed by atoms with van der Waals surface area (Å²) in [5, 5.41) is 7.51. The fraction of sp³-hybridized carbons (Fsp3) is 0.429. The summed E-state index contributed by atoms with van der Waals surface area (Å²) < 4.78 is 11.0. The van der Waals surface area contributed by atoms with Crippen LogP contribution in [-0.4, -0.2) is 57.4 Å². The molecule has 1 saturated heterocycles. The SMILES string of the molecule is CN=C(NCCCOc1cccc(OC)c1)NC1CCN(c2ncccc2Cl)C1.I.